The molecule has 1 aromatic carbocycles. The first-order valence-electron chi connectivity index (χ1n) is 4.42. The number of fused-ring (bicyclic) bond motifs is 1. The highest BCUT2D eigenvalue weighted by molar-refractivity contribution is 9.10. The molecule has 14 heavy (non-hydrogen) atoms. The molecule has 0 amide bonds. The number of H-pyrrole nitrogens is 1. The van der Waals surface area contributed by atoms with E-state index in [4.69, 9.17) is 5.73 Å². The topological polar surface area (TPSA) is 54.7 Å². The molecule has 0 saturated carbocycles. The van der Waals surface area contributed by atoms with Crippen LogP contribution in [-0.4, -0.2) is 9.97 Å². The summed E-state index contributed by atoms with van der Waals surface area (Å²) >= 11 is 3.45. The molecule has 74 valence electrons. The number of rotatable bonds is 1. The molecule has 3 N–H and O–H groups in total. The van der Waals surface area contributed by atoms with Gasteiger partial charge < -0.3 is 10.7 Å². The molecule has 0 radical (unpaired) electrons. The van der Waals surface area contributed by atoms with Crippen LogP contribution in [0.2, 0.25) is 0 Å². The molecule has 2 aromatic rings. The summed E-state index contributed by atoms with van der Waals surface area (Å²) in [6, 6.07) is 5.93. The first kappa shape index (κ1) is 9.68. The van der Waals surface area contributed by atoms with Crippen molar-refractivity contribution in [2.75, 3.05) is 0 Å². The maximum Gasteiger partial charge on any atom is 0.126 e. The van der Waals surface area contributed by atoms with Crippen LogP contribution in [0.15, 0.2) is 22.7 Å². The van der Waals surface area contributed by atoms with Crippen molar-refractivity contribution in [3.05, 3.63) is 28.5 Å². The molecule has 1 heterocycles. The van der Waals surface area contributed by atoms with Gasteiger partial charge in [-0.15, -0.1) is 0 Å². The summed E-state index contributed by atoms with van der Waals surface area (Å²) in [6.07, 6.45) is 0. The number of hydrogen-bond donors (Lipinski definition) is 2. The number of aromatic amines is 1. The van der Waals surface area contributed by atoms with Gasteiger partial charge in [-0.2, -0.15) is 0 Å². The Hall–Kier alpha value is -0.870. The fourth-order valence-electron chi connectivity index (χ4n) is 1.30. The zero-order valence-corrected chi connectivity index (χ0v) is 9.72. The summed E-state index contributed by atoms with van der Waals surface area (Å²) < 4.78 is 0.988. The Kier molecular flexibility index (Phi) is 2.12. The van der Waals surface area contributed by atoms with Crippen LogP contribution in [-0.2, 0) is 5.54 Å². The van der Waals surface area contributed by atoms with Crippen LogP contribution in [0.3, 0.4) is 0 Å². The van der Waals surface area contributed by atoms with Gasteiger partial charge in [0.15, 0.2) is 0 Å². The van der Waals surface area contributed by atoms with Gasteiger partial charge in [-0.3, -0.25) is 0 Å². The Morgan fingerprint density at radius 1 is 1.43 bits per heavy atom. The molecule has 3 nitrogen and oxygen atoms in total. The molecule has 0 saturated heterocycles. The lowest BCUT2D eigenvalue weighted by Crippen LogP contribution is -2.30. The van der Waals surface area contributed by atoms with Gasteiger partial charge in [-0.25, -0.2) is 4.98 Å². The summed E-state index contributed by atoms with van der Waals surface area (Å²) in [5.74, 6) is 0.805. The minimum absolute atomic E-state index is 0.432. The van der Waals surface area contributed by atoms with Crippen molar-refractivity contribution < 1.29 is 0 Å². The van der Waals surface area contributed by atoms with Crippen LogP contribution in [0.25, 0.3) is 11.0 Å². The highest BCUT2D eigenvalue weighted by Crippen LogP contribution is 2.24. The zero-order chi connectivity index (χ0) is 10.3. The van der Waals surface area contributed by atoms with Gasteiger partial charge in [0.05, 0.1) is 11.1 Å². The lowest BCUT2D eigenvalue weighted by molar-refractivity contribution is 0.522. The Morgan fingerprint density at radius 3 is 2.71 bits per heavy atom. The van der Waals surface area contributed by atoms with E-state index in [0.717, 1.165) is 21.3 Å². The average molecular weight is 254 g/mol. The normalized spacial score (nSPS) is 12.3. The van der Waals surface area contributed by atoms with E-state index >= 15 is 0 Å². The monoisotopic (exact) mass is 253 g/mol. The minimum atomic E-state index is -0.432. The first-order valence-corrected chi connectivity index (χ1v) is 5.21. The number of aromatic nitrogens is 2. The summed E-state index contributed by atoms with van der Waals surface area (Å²) in [7, 11) is 0. The number of nitrogens with two attached hydrogens (primary N) is 1. The molecule has 0 bridgehead atoms. The largest absolute Gasteiger partial charge is 0.340 e. The third-order valence-corrected chi connectivity index (χ3v) is 2.71. The predicted molar refractivity (Wildman–Crippen MR) is 61.0 cm³/mol. The average Bonchev–Trinajstić information content (AvgIpc) is 2.48. The van der Waals surface area contributed by atoms with Gasteiger partial charge in [-0.05, 0) is 41.9 Å². The van der Waals surface area contributed by atoms with Crippen LogP contribution >= 0.6 is 15.9 Å². The fraction of sp³-hybridized carbons (Fsp3) is 0.300. The van der Waals surface area contributed by atoms with Crippen molar-refractivity contribution in [2.24, 2.45) is 5.73 Å². The summed E-state index contributed by atoms with van der Waals surface area (Å²) in [5.41, 5.74) is 7.47. The third-order valence-electron chi connectivity index (χ3n) is 2.07. The number of para-hydroxylation sites is 1. The highest BCUT2D eigenvalue weighted by Gasteiger charge is 2.19. The number of hydrogen-bond acceptors (Lipinski definition) is 2. The van der Waals surface area contributed by atoms with Crippen LogP contribution in [0, 0.1) is 0 Å². The van der Waals surface area contributed by atoms with E-state index in [1.807, 2.05) is 32.0 Å². The lowest BCUT2D eigenvalue weighted by atomic mass is 10.1. The molecule has 1 aromatic heterocycles. The van der Waals surface area contributed by atoms with Gasteiger partial charge in [0.25, 0.3) is 0 Å². The third kappa shape index (κ3) is 1.55. The number of nitrogens with one attached hydrogen (secondary N) is 1. The standard InChI is InChI=1S/C10H12BrN3/c1-10(2,12)9-13-7-5-3-4-6(11)8(7)14-9/h3-5H,12H2,1-2H3,(H,13,14). The SMILES string of the molecule is CC(C)(N)c1nc2c(Br)cccc2[nH]1. The molecule has 0 spiro atoms. The van der Waals surface area contributed by atoms with Crippen molar-refractivity contribution in [3.63, 3.8) is 0 Å². The lowest BCUT2D eigenvalue weighted by Gasteiger charge is -2.14. The maximum absolute atomic E-state index is 5.96. The number of imidazole rings is 1. The minimum Gasteiger partial charge on any atom is -0.340 e. The summed E-state index contributed by atoms with van der Waals surface area (Å²) in [6.45, 7) is 3.86. The van der Waals surface area contributed by atoms with E-state index in [-0.39, 0.29) is 0 Å². The van der Waals surface area contributed by atoms with Crippen molar-refractivity contribution in [1.82, 2.24) is 9.97 Å². The quantitative estimate of drug-likeness (QED) is 0.821. The molecular weight excluding hydrogens is 242 g/mol. The Labute approximate surface area is 90.8 Å². The molecule has 0 fully saturated rings. The van der Waals surface area contributed by atoms with Crippen molar-refractivity contribution >= 4 is 27.0 Å². The molecule has 0 atom stereocenters. The van der Waals surface area contributed by atoms with Gasteiger partial charge >= 0.3 is 0 Å². The van der Waals surface area contributed by atoms with E-state index in [9.17, 15) is 0 Å². The molecular formula is C10H12BrN3. The first-order chi connectivity index (χ1) is 6.48. The van der Waals surface area contributed by atoms with E-state index in [2.05, 4.69) is 25.9 Å². The van der Waals surface area contributed by atoms with Gasteiger partial charge in [-0.1, -0.05) is 6.07 Å². The summed E-state index contributed by atoms with van der Waals surface area (Å²) in [5, 5.41) is 0. The van der Waals surface area contributed by atoms with E-state index < -0.39 is 5.54 Å². The second-order valence-electron chi connectivity index (χ2n) is 3.94. The Bertz CT molecular complexity index is 468. The predicted octanol–water partition coefficient (Wildman–Crippen LogP) is 2.52. The Morgan fingerprint density at radius 2 is 2.14 bits per heavy atom. The Balaban J connectivity index is 2.69. The number of benzene rings is 1. The van der Waals surface area contributed by atoms with Crippen molar-refractivity contribution in [2.45, 2.75) is 19.4 Å². The molecule has 0 aliphatic carbocycles. The summed E-state index contributed by atoms with van der Waals surface area (Å²) in [4.78, 5) is 7.67. The van der Waals surface area contributed by atoms with E-state index in [1.165, 1.54) is 0 Å². The van der Waals surface area contributed by atoms with Crippen molar-refractivity contribution in [3.8, 4) is 0 Å². The zero-order valence-electron chi connectivity index (χ0n) is 8.13. The molecule has 0 aliphatic heterocycles. The number of halogens is 1. The molecule has 0 unspecified atom stereocenters. The second-order valence-corrected chi connectivity index (χ2v) is 4.80. The van der Waals surface area contributed by atoms with Crippen molar-refractivity contribution in [1.29, 1.82) is 0 Å². The van der Waals surface area contributed by atoms with Gasteiger partial charge in [0, 0.05) is 4.47 Å². The van der Waals surface area contributed by atoms with Crippen LogP contribution < -0.4 is 5.73 Å². The second kappa shape index (κ2) is 3.07. The van der Waals surface area contributed by atoms with Crippen LogP contribution in [0.5, 0.6) is 0 Å². The molecule has 4 heteroatoms. The van der Waals surface area contributed by atoms with E-state index in [0.29, 0.717) is 0 Å². The molecule has 0 aliphatic rings. The number of nitrogens with zero attached hydrogens (tertiary/aromatic N) is 1. The van der Waals surface area contributed by atoms with Gasteiger partial charge in [0.1, 0.15) is 11.3 Å². The van der Waals surface area contributed by atoms with Crippen LogP contribution in [0.1, 0.15) is 19.7 Å². The fourth-order valence-corrected chi connectivity index (χ4v) is 1.76. The van der Waals surface area contributed by atoms with Gasteiger partial charge in [0.2, 0.25) is 0 Å². The van der Waals surface area contributed by atoms with Crippen LogP contribution in [0.4, 0.5) is 0 Å². The van der Waals surface area contributed by atoms with E-state index in [1.54, 1.807) is 0 Å². The highest BCUT2D eigenvalue weighted by atomic mass is 79.9. The maximum atomic E-state index is 5.96. The molecule has 2 rings (SSSR count). The smallest absolute Gasteiger partial charge is 0.126 e.